The lowest BCUT2D eigenvalue weighted by atomic mass is 9.97. The molecule has 0 N–H and O–H groups in total. The maximum atomic E-state index is 5.26. The van der Waals surface area contributed by atoms with Gasteiger partial charge < -0.3 is 0 Å². The molecule has 55 heavy (non-hydrogen) atoms. The van der Waals surface area contributed by atoms with Gasteiger partial charge in [-0.05, 0) is 75.1 Å². The van der Waals surface area contributed by atoms with Crippen molar-refractivity contribution in [1.82, 2.24) is 24.3 Å². The molecule has 0 aliphatic carbocycles. The molecule has 0 fully saturated rings. The molecule has 0 saturated carbocycles. The van der Waals surface area contributed by atoms with Crippen molar-refractivity contribution in [2.45, 2.75) is 0 Å². The molecular formula is C50H31N5. The van der Waals surface area contributed by atoms with E-state index in [1.807, 2.05) is 24.4 Å². The Bertz CT molecular complexity index is 3190. The first-order valence-corrected chi connectivity index (χ1v) is 18.5. The van der Waals surface area contributed by atoms with Crippen LogP contribution < -0.4 is 0 Å². The second kappa shape index (κ2) is 12.6. The minimum atomic E-state index is 0.678. The summed E-state index contributed by atoms with van der Waals surface area (Å²) >= 11 is 0. The number of benzene rings is 7. The Balaban J connectivity index is 1.04. The molecule has 256 valence electrons. The molecule has 0 unspecified atom stereocenters. The van der Waals surface area contributed by atoms with Crippen LogP contribution in [0.1, 0.15) is 0 Å². The van der Waals surface area contributed by atoms with E-state index in [0.29, 0.717) is 5.82 Å². The van der Waals surface area contributed by atoms with Gasteiger partial charge in [-0.3, -0.25) is 4.40 Å². The highest BCUT2D eigenvalue weighted by atomic mass is 15.1. The van der Waals surface area contributed by atoms with Gasteiger partial charge in [0, 0.05) is 39.2 Å². The summed E-state index contributed by atoms with van der Waals surface area (Å²) < 4.78 is 2.07. The van der Waals surface area contributed by atoms with E-state index in [4.69, 9.17) is 19.9 Å². The highest BCUT2D eigenvalue weighted by Crippen LogP contribution is 2.36. The van der Waals surface area contributed by atoms with Gasteiger partial charge in [-0.25, -0.2) is 19.9 Å². The first-order valence-electron chi connectivity index (χ1n) is 18.5. The van der Waals surface area contributed by atoms with Gasteiger partial charge in [0.25, 0.3) is 0 Å². The molecule has 0 radical (unpaired) electrons. The van der Waals surface area contributed by atoms with Crippen molar-refractivity contribution in [3.05, 3.63) is 188 Å². The van der Waals surface area contributed by atoms with Crippen LogP contribution in [0.15, 0.2) is 188 Å². The number of nitrogens with zero attached hydrogens (tertiary/aromatic N) is 5. The van der Waals surface area contributed by atoms with Crippen molar-refractivity contribution in [2.75, 3.05) is 0 Å². The van der Waals surface area contributed by atoms with E-state index >= 15 is 0 Å². The van der Waals surface area contributed by atoms with Gasteiger partial charge in [0.2, 0.25) is 0 Å². The van der Waals surface area contributed by atoms with Crippen LogP contribution in [0.5, 0.6) is 0 Å². The zero-order valence-corrected chi connectivity index (χ0v) is 29.6. The van der Waals surface area contributed by atoms with Crippen molar-refractivity contribution in [1.29, 1.82) is 0 Å². The summed E-state index contributed by atoms with van der Waals surface area (Å²) in [6, 6.07) is 63.7. The predicted molar refractivity (Wildman–Crippen MR) is 226 cm³/mol. The standard InChI is InChI=1S/C50H31N5/c1-3-13-34-27-38(24-22-32(34)11-1)44-31-45(39-25-23-33-12-2-4-14-35(33)28-39)52-49(51-44)41-18-10-16-37(30-41)36-15-9-17-40(29-36)47-42-19-5-6-20-43(42)48-50(54-47)55-26-8-7-21-46(55)53-48/h1-31H. The molecule has 11 aromatic rings. The van der Waals surface area contributed by atoms with Crippen LogP contribution in [-0.4, -0.2) is 24.3 Å². The van der Waals surface area contributed by atoms with Crippen molar-refractivity contribution in [2.24, 2.45) is 0 Å². The van der Waals surface area contributed by atoms with Crippen LogP contribution >= 0.6 is 0 Å². The number of hydrogen-bond donors (Lipinski definition) is 0. The van der Waals surface area contributed by atoms with Crippen molar-refractivity contribution in [3.63, 3.8) is 0 Å². The fourth-order valence-electron chi connectivity index (χ4n) is 7.81. The molecule has 0 aliphatic rings. The minimum absolute atomic E-state index is 0.678. The van der Waals surface area contributed by atoms with Crippen LogP contribution in [0.3, 0.4) is 0 Å². The molecule has 0 atom stereocenters. The molecule has 7 aromatic carbocycles. The van der Waals surface area contributed by atoms with Gasteiger partial charge >= 0.3 is 0 Å². The summed E-state index contributed by atoms with van der Waals surface area (Å²) in [6.07, 6.45) is 2.03. The normalized spacial score (nSPS) is 11.6. The van der Waals surface area contributed by atoms with E-state index in [2.05, 4.69) is 168 Å². The second-order valence-electron chi connectivity index (χ2n) is 14.0. The lowest BCUT2D eigenvalue weighted by molar-refractivity contribution is 1.18. The monoisotopic (exact) mass is 701 g/mol. The Hall–Kier alpha value is -7.50. The number of fused-ring (bicyclic) bond motifs is 7. The third-order valence-electron chi connectivity index (χ3n) is 10.6. The molecular weight excluding hydrogens is 671 g/mol. The maximum Gasteiger partial charge on any atom is 0.165 e. The van der Waals surface area contributed by atoms with Crippen molar-refractivity contribution < 1.29 is 0 Å². The smallest absolute Gasteiger partial charge is 0.165 e. The van der Waals surface area contributed by atoms with E-state index in [-0.39, 0.29) is 0 Å². The fraction of sp³-hybridized carbons (Fsp3) is 0. The fourth-order valence-corrected chi connectivity index (χ4v) is 7.81. The molecule has 0 saturated heterocycles. The quantitative estimate of drug-likeness (QED) is 0.179. The Morgan fingerprint density at radius 2 is 0.909 bits per heavy atom. The lowest BCUT2D eigenvalue weighted by Gasteiger charge is -2.12. The molecule has 4 aromatic heterocycles. The van der Waals surface area contributed by atoms with Crippen molar-refractivity contribution in [3.8, 4) is 56.3 Å². The van der Waals surface area contributed by atoms with Gasteiger partial charge in [-0.15, -0.1) is 0 Å². The first kappa shape index (κ1) is 31.1. The molecule has 5 heteroatoms. The number of aromatic nitrogens is 5. The lowest BCUT2D eigenvalue weighted by Crippen LogP contribution is -1.96. The van der Waals surface area contributed by atoms with Gasteiger partial charge in [0.05, 0.1) is 17.1 Å². The Morgan fingerprint density at radius 3 is 1.60 bits per heavy atom. The van der Waals surface area contributed by atoms with E-state index in [1.165, 1.54) is 21.5 Å². The number of hydrogen-bond acceptors (Lipinski definition) is 4. The zero-order valence-electron chi connectivity index (χ0n) is 29.6. The van der Waals surface area contributed by atoms with E-state index in [0.717, 1.165) is 78.0 Å². The average Bonchev–Trinajstić information content (AvgIpc) is 3.64. The number of rotatable bonds is 5. The number of pyridine rings is 2. The largest absolute Gasteiger partial charge is 0.284 e. The van der Waals surface area contributed by atoms with Crippen LogP contribution in [0.25, 0.3) is 105 Å². The summed E-state index contributed by atoms with van der Waals surface area (Å²) in [7, 11) is 0. The zero-order chi connectivity index (χ0) is 36.3. The number of imidazole rings is 1. The second-order valence-corrected chi connectivity index (χ2v) is 14.0. The van der Waals surface area contributed by atoms with Crippen LogP contribution in [0.2, 0.25) is 0 Å². The first-order chi connectivity index (χ1) is 27.2. The molecule has 0 bridgehead atoms. The van der Waals surface area contributed by atoms with Crippen LogP contribution in [0.4, 0.5) is 0 Å². The van der Waals surface area contributed by atoms with Crippen molar-refractivity contribution >= 4 is 49.1 Å². The minimum Gasteiger partial charge on any atom is -0.284 e. The summed E-state index contributed by atoms with van der Waals surface area (Å²) in [4.78, 5) is 20.6. The van der Waals surface area contributed by atoms with E-state index < -0.39 is 0 Å². The summed E-state index contributed by atoms with van der Waals surface area (Å²) in [5, 5.41) is 6.92. The summed E-state index contributed by atoms with van der Waals surface area (Å²) in [5.74, 6) is 0.678. The Kier molecular flexibility index (Phi) is 7.10. The third-order valence-corrected chi connectivity index (χ3v) is 10.6. The molecule has 11 rings (SSSR count). The predicted octanol–water partition coefficient (Wildman–Crippen LogP) is 12.5. The molecule has 0 aliphatic heterocycles. The SMILES string of the molecule is c1cc(-c2cccc(-c3nc4c(nc5ccccn54)c4ccccc34)c2)cc(-c2nc(-c3ccc4ccccc4c3)cc(-c3ccc4ccccc4c3)n2)c1. The molecule has 5 nitrogen and oxygen atoms in total. The topological polar surface area (TPSA) is 56.0 Å². The Labute approximate surface area is 316 Å². The highest BCUT2D eigenvalue weighted by Gasteiger charge is 2.17. The molecule has 0 amide bonds. The van der Waals surface area contributed by atoms with Gasteiger partial charge in [0.1, 0.15) is 11.2 Å². The Morgan fingerprint density at radius 1 is 0.345 bits per heavy atom. The maximum absolute atomic E-state index is 5.26. The molecule has 0 spiro atoms. The molecule has 4 heterocycles. The summed E-state index contributed by atoms with van der Waals surface area (Å²) in [6.45, 7) is 0. The average molecular weight is 702 g/mol. The highest BCUT2D eigenvalue weighted by molar-refractivity contribution is 6.09. The van der Waals surface area contributed by atoms with E-state index in [9.17, 15) is 0 Å². The van der Waals surface area contributed by atoms with Crippen LogP contribution in [0, 0.1) is 0 Å². The third kappa shape index (κ3) is 5.41. The van der Waals surface area contributed by atoms with Gasteiger partial charge in [-0.1, -0.05) is 140 Å². The van der Waals surface area contributed by atoms with Gasteiger partial charge in [0.15, 0.2) is 11.5 Å². The van der Waals surface area contributed by atoms with E-state index in [1.54, 1.807) is 0 Å². The van der Waals surface area contributed by atoms with Gasteiger partial charge in [-0.2, -0.15) is 0 Å². The van der Waals surface area contributed by atoms with Crippen LogP contribution in [-0.2, 0) is 0 Å². The summed E-state index contributed by atoms with van der Waals surface area (Å²) in [5.41, 5.74) is 11.6.